The summed E-state index contributed by atoms with van der Waals surface area (Å²) < 4.78 is 0. The Hall–Kier alpha value is -0.590. The molecule has 3 atom stereocenters. The lowest BCUT2D eigenvalue weighted by molar-refractivity contribution is -0.120. The van der Waals surface area contributed by atoms with E-state index in [2.05, 4.69) is 6.58 Å². The normalized spacial score (nSPS) is 30.7. The summed E-state index contributed by atoms with van der Waals surface area (Å²) >= 11 is 0. The van der Waals surface area contributed by atoms with Crippen LogP contribution in [-0.4, -0.2) is 5.78 Å². The van der Waals surface area contributed by atoms with Crippen molar-refractivity contribution in [3.05, 3.63) is 12.7 Å². The number of rotatable bonds is 8. The van der Waals surface area contributed by atoms with Crippen LogP contribution >= 0.6 is 0 Å². The van der Waals surface area contributed by atoms with E-state index in [1.54, 1.807) is 0 Å². The average molecular weight is 234 g/mol. The van der Waals surface area contributed by atoms with Crippen molar-refractivity contribution in [2.45, 2.75) is 64.2 Å². The van der Waals surface area contributed by atoms with Crippen LogP contribution in [0, 0.1) is 17.8 Å². The van der Waals surface area contributed by atoms with E-state index in [0.717, 1.165) is 43.4 Å². The van der Waals surface area contributed by atoms with Gasteiger partial charge < -0.3 is 0 Å². The fraction of sp³-hybridized carbons (Fsp3) is 0.812. The van der Waals surface area contributed by atoms with E-state index < -0.39 is 0 Å². The fourth-order valence-corrected chi connectivity index (χ4v) is 3.81. The molecule has 96 valence electrons. The van der Waals surface area contributed by atoms with Crippen molar-refractivity contribution in [1.29, 1.82) is 0 Å². The van der Waals surface area contributed by atoms with Gasteiger partial charge in [0.25, 0.3) is 0 Å². The second-order valence-electron chi connectivity index (χ2n) is 6.07. The van der Waals surface area contributed by atoms with Crippen molar-refractivity contribution >= 4 is 5.78 Å². The Balaban J connectivity index is 1.56. The number of ketones is 1. The van der Waals surface area contributed by atoms with Crippen LogP contribution < -0.4 is 0 Å². The Labute approximate surface area is 106 Å². The molecule has 0 aromatic carbocycles. The Morgan fingerprint density at radius 2 is 2.06 bits per heavy atom. The maximum Gasteiger partial charge on any atom is 0.133 e. The first-order valence-electron chi connectivity index (χ1n) is 7.42. The van der Waals surface area contributed by atoms with Crippen LogP contribution in [0.4, 0.5) is 0 Å². The summed E-state index contributed by atoms with van der Waals surface area (Å²) in [7, 11) is 0. The molecule has 17 heavy (non-hydrogen) atoms. The maximum absolute atomic E-state index is 11.9. The quantitative estimate of drug-likeness (QED) is 0.446. The number of carbonyl (C=O) groups is 1. The molecule has 0 radical (unpaired) electrons. The van der Waals surface area contributed by atoms with Crippen molar-refractivity contribution in [2.24, 2.45) is 17.8 Å². The van der Waals surface area contributed by atoms with Gasteiger partial charge in [0.2, 0.25) is 0 Å². The molecule has 0 N–H and O–H groups in total. The molecule has 2 aliphatic carbocycles. The number of unbranched alkanes of at least 4 members (excludes halogenated alkanes) is 3. The van der Waals surface area contributed by atoms with Crippen LogP contribution in [0.3, 0.4) is 0 Å². The Kier molecular flexibility index (Phi) is 4.82. The molecule has 2 aliphatic rings. The number of Topliss-reactive ketones (excluding diaryl/α,β-unsaturated/α-hetero) is 1. The van der Waals surface area contributed by atoms with Gasteiger partial charge in [-0.25, -0.2) is 0 Å². The number of fused-ring (bicyclic) bond motifs is 2. The Morgan fingerprint density at radius 3 is 2.71 bits per heavy atom. The molecule has 0 heterocycles. The molecule has 0 aromatic rings. The van der Waals surface area contributed by atoms with E-state index >= 15 is 0 Å². The zero-order chi connectivity index (χ0) is 12.1. The number of allylic oxidation sites excluding steroid dienone is 1. The van der Waals surface area contributed by atoms with Gasteiger partial charge in [-0.1, -0.05) is 18.9 Å². The molecule has 0 aromatic heterocycles. The number of carbonyl (C=O) groups excluding carboxylic acids is 1. The second-order valence-corrected chi connectivity index (χ2v) is 6.07. The summed E-state index contributed by atoms with van der Waals surface area (Å²) in [5.74, 6) is 3.17. The molecular weight excluding hydrogens is 208 g/mol. The molecule has 2 fully saturated rings. The van der Waals surface area contributed by atoms with E-state index in [1.807, 2.05) is 6.08 Å². The molecular formula is C16H26O. The minimum Gasteiger partial charge on any atom is -0.300 e. The third-order valence-electron chi connectivity index (χ3n) is 4.74. The Morgan fingerprint density at radius 1 is 1.18 bits per heavy atom. The number of hydrogen-bond acceptors (Lipinski definition) is 1. The van der Waals surface area contributed by atoms with Crippen LogP contribution in [0.5, 0.6) is 0 Å². The smallest absolute Gasteiger partial charge is 0.133 e. The van der Waals surface area contributed by atoms with Crippen LogP contribution in [0.25, 0.3) is 0 Å². The van der Waals surface area contributed by atoms with E-state index in [9.17, 15) is 4.79 Å². The largest absolute Gasteiger partial charge is 0.300 e. The van der Waals surface area contributed by atoms with Crippen molar-refractivity contribution < 1.29 is 4.79 Å². The van der Waals surface area contributed by atoms with Gasteiger partial charge in [-0.15, -0.1) is 6.58 Å². The van der Waals surface area contributed by atoms with Gasteiger partial charge in [0.05, 0.1) is 0 Å². The minimum absolute atomic E-state index is 0.529. The molecule has 3 unspecified atom stereocenters. The van der Waals surface area contributed by atoms with Crippen LogP contribution in [0.2, 0.25) is 0 Å². The molecule has 1 nitrogen and oxygen atoms in total. The first-order chi connectivity index (χ1) is 8.29. The van der Waals surface area contributed by atoms with Crippen LogP contribution in [-0.2, 0) is 4.79 Å². The van der Waals surface area contributed by atoms with Gasteiger partial charge >= 0.3 is 0 Å². The third kappa shape index (κ3) is 3.69. The first-order valence-corrected chi connectivity index (χ1v) is 7.42. The zero-order valence-corrected chi connectivity index (χ0v) is 11.0. The third-order valence-corrected chi connectivity index (χ3v) is 4.74. The first kappa shape index (κ1) is 12.9. The van der Waals surface area contributed by atoms with Crippen molar-refractivity contribution in [3.63, 3.8) is 0 Å². The van der Waals surface area contributed by atoms with Crippen molar-refractivity contribution in [1.82, 2.24) is 0 Å². The highest BCUT2D eigenvalue weighted by molar-refractivity contribution is 5.78. The predicted molar refractivity (Wildman–Crippen MR) is 71.8 cm³/mol. The van der Waals surface area contributed by atoms with Crippen molar-refractivity contribution in [3.8, 4) is 0 Å². The lowest BCUT2D eigenvalue weighted by atomic mass is 9.84. The highest BCUT2D eigenvalue weighted by Gasteiger charge is 2.39. The van der Waals surface area contributed by atoms with Gasteiger partial charge in [-0.3, -0.25) is 4.79 Å². The van der Waals surface area contributed by atoms with Crippen LogP contribution in [0.15, 0.2) is 12.7 Å². The molecule has 2 rings (SSSR count). The molecule has 2 saturated carbocycles. The van der Waals surface area contributed by atoms with Gasteiger partial charge in [0, 0.05) is 12.8 Å². The lowest BCUT2D eigenvalue weighted by Gasteiger charge is -2.20. The standard InChI is InChI=1S/C16H26O/c1-2-3-4-5-6-7-16(17)12-15-11-13-8-9-14(15)10-13/h2,13-15H,1,3-12H2. The second kappa shape index (κ2) is 6.37. The van der Waals surface area contributed by atoms with Gasteiger partial charge in [0.1, 0.15) is 5.78 Å². The van der Waals surface area contributed by atoms with E-state index in [4.69, 9.17) is 0 Å². The van der Waals surface area contributed by atoms with Gasteiger partial charge in [-0.2, -0.15) is 0 Å². The molecule has 1 heteroatoms. The summed E-state index contributed by atoms with van der Waals surface area (Å²) in [4.78, 5) is 11.9. The van der Waals surface area contributed by atoms with Crippen molar-refractivity contribution in [2.75, 3.05) is 0 Å². The summed E-state index contributed by atoms with van der Waals surface area (Å²) in [6.45, 7) is 3.72. The highest BCUT2D eigenvalue weighted by atomic mass is 16.1. The van der Waals surface area contributed by atoms with E-state index in [0.29, 0.717) is 5.78 Å². The average Bonchev–Trinajstić information content (AvgIpc) is 2.90. The SMILES string of the molecule is C=CCCCCCC(=O)CC1CC2CCC1C2. The summed E-state index contributed by atoms with van der Waals surface area (Å²) in [5.41, 5.74) is 0. The topological polar surface area (TPSA) is 17.1 Å². The maximum atomic E-state index is 11.9. The molecule has 2 bridgehead atoms. The Bertz CT molecular complexity index is 269. The lowest BCUT2D eigenvalue weighted by Crippen LogP contribution is -2.15. The zero-order valence-electron chi connectivity index (χ0n) is 11.0. The summed E-state index contributed by atoms with van der Waals surface area (Å²) in [6, 6.07) is 0. The predicted octanol–water partition coefficient (Wildman–Crippen LogP) is 4.52. The molecule has 0 aliphatic heterocycles. The fourth-order valence-electron chi connectivity index (χ4n) is 3.81. The van der Waals surface area contributed by atoms with E-state index in [-0.39, 0.29) is 0 Å². The summed E-state index contributed by atoms with van der Waals surface area (Å²) in [6.07, 6.45) is 13.9. The summed E-state index contributed by atoms with van der Waals surface area (Å²) in [5, 5.41) is 0. The number of hydrogen-bond donors (Lipinski definition) is 0. The van der Waals surface area contributed by atoms with Crippen LogP contribution in [0.1, 0.15) is 64.2 Å². The van der Waals surface area contributed by atoms with Gasteiger partial charge in [-0.05, 0) is 56.3 Å². The van der Waals surface area contributed by atoms with Gasteiger partial charge in [0.15, 0.2) is 0 Å². The monoisotopic (exact) mass is 234 g/mol. The minimum atomic E-state index is 0.529. The highest BCUT2D eigenvalue weighted by Crippen LogP contribution is 2.49. The molecule has 0 saturated heterocycles. The van der Waals surface area contributed by atoms with E-state index in [1.165, 1.54) is 38.5 Å². The molecule has 0 amide bonds. The molecule has 0 spiro atoms.